The first kappa shape index (κ1) is 14.6. The Kier molecular flexibility index (Phi) is 4.33. The monoisotopic (exact) mass is 256 g/mol. The van der Waals surface area contributed by atoms with Crippen LogP contribution in [0.1, 0.15) is 44.5 Å². The minimum Gasteiger partial charge on any atom is -0.389 e. The average Bonchev–Trinajstić information content (AvgIpc) is 2.47. The molecule has 0 aliphatic carbocycles. The number of thiazole rings is 1. The quantitative estimate of drug-likeness (QED) is 0.899. The molecule has 0 bridgehead atoms. The van der Waals surface area contributed by atoms with Gasteiger partial charge in [-0.05, 0) is 20.9 Å². The first-order chi connectivity index (χ1) is 7.58. The van der Waals surface area contributed by atoms with Gasteiger partial charge < -0.3 is 5.11 Å². The molecule has 0 aliphatic rings. The predicted octanol–water partition coefficient (Wildman–Crippen LogP) is 2.64. The van der Waals surface area contributed by atoms with E-state index in [1.165, 1.54) is 9.88 Å². The molecule has 17 heavy (non-hydrogen) atoms. The second kappa shape index (κ2) is 5.04. The van der Waals surface area contributed by atoms with Crippen LogP contribution in [-0.4, -0.2) is 34.2 Å². The smallest absolute Gasteiger partial charge is 0.0981 e. The van der Waals surface area contributed by atoms with E-state index in [0.717, 1.165) is 6.54 Å². The molecular weight excluding hydrogens is 232 g/mol. The lowest BCUT2D eigenvalue weighted by atomic mass is 9.98. The minimum absolute atomic E-state index is 0.123. The van der Waals surface area contributed by atoms with Crippen molar-refractivity contribution in [2.24, 2.45) is 0 Å². The third-order valence-corrected chi connectivity index (χ3v) is 3.69. The van der Waals surface area contributed by atoms with Gasteiger partial charge in [-0.1, -0.05) is 20.8 Å². The molecule has 98 valence electrons. The minimum atomic E-state index is -0.647. The number of hydrogen-bond donors (Lipinski definition) is 1. The van der Waals surface area contributed by atoms with Gasteiger partial charge >= 0.3 is 0 Å². The summed E-state index contributed by atoms with van der Waals surface area (Å²) in [5, 5.41) is 10.9. The van der Waals surface area contributed by atoms with Gasteiger partial charge in [0.05, 0.1) is 10.6 Å². The van der Waals surface area contributed by atoms with Gasteiger partial charge in [-0.3, -0.25) is 4.90 Å². The summed E-state index contributed by atoms with van der Waals surface area (Å²) in [7, 11) is 2.02. The summed E-state index contributed by atoms with van der Waals surface area (Å²) in [6.45, 7) is 11.7. The number of hydrogen-bond acceptors (Lipinski definition) is 4. The Morgan fingerprint density at radius 2 is 1.88 bits per heavy atom. The molecule has 0 saturated carbocycles. The van der Waals surface area contributed by atoms with E-state index in [0.29, 0.717) is 6.54 Å². The van der Waals surface area contributed by atoms with Crippen LogP contribution in [0.4, 0.5) is 0 Å². The topological polar surface area (TPSA) is 36.4 Å². The molecule has 0 fully saturated rings. The third kappa shape index (κ3) is 5.15. The lowest BCUT2D eigenvalue weighted by Crippen LogP contribution is -2.35. The molecular formula is C13H24N2OS. The summed E-state index contributed by atoms with van der Waals surface area (Å²) >= 11 is 1.76. The fourth-order valence-corrected chi connectivity index (χ4v) is 2.76. The summed E-state index contributed by atoms with van der Waals surface area (Å²) in [5.74, 6) is 0. The van der Waals surface area contributed by atoms with Gasteiger partial charge in [-0.2, -0.15) is 0 Å². The summed E-state index contributed by atoms with van der Waals surface area (Å²) in [6.07, 6.45) is 1.95. The molecule has 0 spiro atoms. The third-order valence-electron chi connectivity index (χ3n) is 2.28. The van der Waals surface area contributed by atoms with Crippen molar-refractivity contribution in [2.75, 3.05) is 13.6 Å². The van der Waals surface area contributed by atoms with Crippen molar-refractivity contribution < 1.29 is 5.11 Å². The largest absolute Gasteiger partial charge is 0.389 e. The Bertz CT molecular complexity index is 360. The van der Waals surface area contributed by atoms with Crippen LogP contribution in [0.25, 0.3) is 0 Å². The van der Waals surface area contributed by atoms with E-state index in [4.69, 9.17) is 0 Å². The molecule has 0 unspecified atom stereocenters. The van der Waals surface area contributed by atoms with Crippen LogP contribution < -0.4 is 0 Å². The van der Waals surface area contributed by atoms with Crippen molar-refractivity contribution in [3.63, 3.8) is 0 Å². The first-order valence-corrected chi connectivity index (χ1v) is 6.76. The van der Waals surface area contributed by atoms with Crippen LogP contribution in [-0.2, 0) is 12.0 Å². The zero-order valence-corrected chi connectivity index (χ0v) is 12.6. The van der Waals surface area contributed by atoms with Crippen LogP contribution in [0.2, 0.25) is 0 Å². The molecule has 0 aliphatic heterocycles. The predicted molar refractivity (Wildman–Crippen MR) is 73.4 cm³/mol. The van der Waals surface area contributed by atoms with E-state index in [1.807, 2.05) is 27.1 Å². The summed E-state index contributed by atoms with van der Waals surface area (Å²) in [6, 6.07) is 0. The van der Waals surface area contributed by atoms with Gasteiger partial charge in [0.1, 0.15) is 0 Å². The van der Waals surface area contributed by atoms with E-state index in [9.17, 15) is 5.11 Å². The van der Waals surface area contributed by atoms with Crippen molar-refractivity contribution in [3.8, 4) is 0 Å². The molecule has 0 atom stereocenters. The molecule has 0 radical (unpaired) electrons. The Morgan fingerprint density at radius 3 is 2.29 bits per heavy atom. The van der Waals surface area contributed by atoms with Gasteiger partial charge in [0.15, 0.2) is 0 Å². The molecule has 1 heterocycles. The lowest BCUT2D eigenvalue weighted by Gasteiger charge is -2.24. The average molecular weight is 256 g/mol. The number of rotatable bonds is 4. The second-order valence-electron chi connectivity index (χ2n) is 6.37. The number of aromatic nitrogens is 1. The summed E-state index contributed by atoms with van der Waals surface area (Å²) in [4.78, 5) is 7.84. The maximum absolute atomic E-state index is 9.75. The molecule has 0 saturated heterocycles. The molecule has 0 amide bonds. The highest BCUT2D eigenvalue weighted by Gasteiger charge is 2.20. The highest BCUT2D eigenvalue weighted by atomic mass is 32.1. The van der Waals surface area contributed by atoms with Crippen molar-refractivity contribution in [2.45, 2.75) is 52.2 Å². The summed E-state index contributed by atoms with van der Waals surface area (Å²) < 4.78 is 0. The molecule has 1 rings (SSSR count). The van der Waals surface area contributed by atoms with Crippen molar-refractivity contribution in [3.05, 3.63) is 16.1 Å². The maximum atomic E-state index is 9.75. The van der Waals surface area contributed by atoms with E-state index >= 15 is 0 Å². The maximum Gasteiger partial charge on any atom is 0.0981 e. The van der Waals surface area contributed by atoms with Crippen LogP contribution >= 0.6 is 11.3 Å². The number of aliphatic hydroxyl groups is 1. The Morgan fingerprint density at radius 1 is 1.29 bits per heavy atom. The molecule has 1 N–H and O–H groups in total. The first-order valence-electron chi connectivity index (χ1n) is 5.94. The fraction of sp³-hybridized carbons (Fsp3) is 0.769. The molecule has 3 nitrogen and oxygen atoms in total. The number of nitrogens with zero attached hydrogens (tertiary/aromatic N) is 2. The fourth-order valence-electron chi connectivity index (χ4n) is 1.71. The van der Waals surface area contributed by atoms with E-state index in [2.05, 4.69) is 30.7 Å². The molecule has 1 aromatic heterocycles. The molecule has 1 aromatic rings. The lowest BCUT2D eigenvalue weighted by molar-refractivity contribution is 0.0427. The standard InChI is InChI=1S/C13H24N2OS/c1-12(2,3)11-14-7-10(17-11)8-15(6)9-13(4,5)16/h7,16H,8-9H2,1-6H3. The van der Waals surface area contributed by atoms with Crippen molar-refractivity contribution >= 4 is 11.3 Å². The van der Waals surface area contributed by atoms with Crippen LogP contribution in [0, 0.1) is 0 Å². The van der Waals surface area contributed by atoms with Crippen LogP contribution in [0.15, 0.2) is 6.20 Å². The summed E-state index contributed by atoms with van der Waals surface area (Å²) in [5.41, 5.74) is -0.524. The van der Waals surface area contributed by atoms with E-state index in [1.54, 1.807) is 11.3 Å². The van der Waals surface area contributed by atoms with E-state index < -0.39 is 5.60 Å². The Hall–Kier alpha value is -0.450. The highest BCUT2D eigenvalue weighted by molar-refractivity contribution is 7.11. The normalized spacial score (nSPS) is 13.4. The second-order valence-corrected chi connectivity index (χ2v) is 7.48. The van der Waals surface area contributed by atoms with E-state index in [-0.39, 0.29) is 5.41 Å². The highest BCUT2D eigenvalue weighted by Crippen LogP contribution is 2.27. The van der Waals surface area contributed by atoms with Gasteiger partial charge in [-0.25, -0.2) is 4.98 Å². The Labute approximate surface area is 108 Å². The van der Waals surface area contributed by atoms with Gasteiger partial charge in [-0.15, -0.1) is 11.3 Å². The zero-order chi connectivity index (χ0) is 13.3. The van der Waals surface area contributed by atoms with Gasteiger partial charge in [0.25, 0.3) is 0 Å². The van der Waals surface area contributed by atoms with Gasteiger partial charge in [0.2, 0.25) is 0 Å². The van der Waals surface area contributed by atoms with Crippen molar-refractivity contribution in [1.82, 2.24) is 9.88 Å². The molecule has 4 heteroatoms. The SMILES string of the molecule is CN(Cc1cnc(C(C)(C)C)s1)CC(C)(C)O. The van der Waals surface area contributed by atoms with Gasteiger partial charge in [0, 0.05) is 29.6 Å². The van der Waals surface area contributed by atoms with Crippen LogP contribution in [0.5, 0.6) is 0 Å². The number of likely N-dealkylation sites (N-methyl/N-ethyl adjacent to an activating group) is 1. The molecule has 0 aromatic carbocycles. The zero-order valence-electron chi connectivity index (χ0n) is 11.7. The van der Waals surface area contributed by atoms with Crippen LogP contribution in [0.3, 0.4) is 0 Å². The Balaban J connectivity index is 2.61. The van der Waals surface area contributed by atoms with Crippen molar-refractivity contribution in [1.29, 1.82) is 0 Å².